The molecule has 27 aromatic rings. The average Bonchev–Trinajstić information content (AvgIpc) is 1.56. The molecule has 1 fully saturated rings. The first-order valence-corrected chi connectivity index (χ1v) is 51.6. The Kier molecular flexibility index (Phi) is 21.9. The summed E-state index contributed by atoms with van der Waals surface area (Å²) in [5.74, 6) is 6.34. The average molecular weight is 1940 g/mol. The Bertz CT molecular complexity index is 10000. The Morgan fingerprint density at radius 1 is 0.260 bits per heavy atom. The zero-order valence-corrected chi connectivity index (χ0v) is 81.9. The van der Waals surface area contributed by atoms with Crippen LogP contribution in [0.4, 0.5) is 17.1 Å². The van der Waals surface area contributed by atoms with E-state index < -0.39 is 0 Å². The molecular weight excluding hydrogens is 1850 g/mol. The van der Waals surface area contributed by atoms with Crippen LogP contribution >= 0.6 is 11.3 Å². The third-order valence-electron chi connectivity index (χ3n) is 29.9. The molecule has 0 amide bonds. The van der Waals surface area contributed by atoms with Crippen molar-refractivity contribution in [1.29, 1.82) is 0 Å². The Balaban J connectivity index is 0.000000108. The van der Waals surface area contributed by atoms with E-state index in [1.165, 1.54) is 69.6 Å². The van der Waals surface area contributed by atoms with Crippen LogP contribution in [-0.2, 0) is 0 Å². The van der Waals surface area contributed by atoms with Crippen molar-refractivity contribution in [3.05, 3.63) is 514 Å². The molecule has 15 heteroatoms. The van der Waals surface area contributed by atoms with Crippen molar-refractivity contribution in [2.45, 2.75) is 36.8 Å². The molecule has 0 bridgehead atoms. The molecule has 3 aliphatic rings. The van der Waals surface area contributed by atoms with Crippen LogP contribution in [0.15, 0.2) is 491 Å². The van der Waals surface area contributed by atoms with Gasteiger partial charge in [0.05, 0.1) is 61.6 Å². The minimum Gasteiger partial charge on any atom is -0.487 e. The van der Waals surface area contributed by atoms with Crippen molar-refractivity contribution in [1.82, 2.24) is 53.6 Å². The molecule has 0 saturated heterocycles. The van der Waals surface area contributed by atoms with E-state index >= 15 is 0 Å². The molecule has 4 atom stereocenters. The summed E-state index contributed by atoms with van der Waals surface area (Å²) >= 11 is 1.86. The van der Waals surface area contributed by atoms with Gasteiger partial charge in [0, 0.05) is 132 Å². The summed E-state index contributed by atoms with van der Waals surface area (Å²) in [5.41, 5.74) is 29.9. The Labute approximate surface area is 868 Å². The second kappa shape index (κ2) is 37.3. The van der Waals surface area contributed by atoms with Gasteiger partial charge < -0.3 is 18.8 Å². The monoisotopic (exact) mass is 1940 g/mol. The zero-order chi connectivity index (χ0) is 99.2. The third kappa shape index (κ3) is 15.6. The van der Waals surface area contributed by atoms with Gasteiger partial charge in [0.1, 0.15) is 11.9 Å². The summed E-state index contributed by atoms with van der Waals surface area (Å²) in [7, 11) is 0. The molecule has 0 N–H and O–H groups in total. The summed E-state index contributed by atoms with van der Waals surface area (Å²) in [6, 6.07) is 172. The molecule has 0 radical (unpaired) electrons. The summed E-state index contributed by atoms with van der Waals surface area (Å²) in [4.78, 5) is 47.0. The summed E-state index contributed by atoms with van der Waals surface area (Å²) in [6.07, 6.45) is 2.34. The molecule has 1 saturated carbocycles. The first-order valence-electron chi connectivity index (χ1n) is 50.8. The SMILES string of the molecule is [C-]#[N+]c1cccc(-n2c3ccccc3c3cc(-c4ccc5c(c4)c4ccccc4n5-c4nc(-c5ccccc5)c5ccccc5n4)ccc32)c1.c1ccc(-c2cccc(-c3nc(-c4ccccc4)nc(-c4cccc(-n5c6ccccc6c6ccc7c8ccccc8sc7c65)c4)n3)c2)cc1.c1ccc(-c2cccc(-c3nc(-c4ccccc4)nc(-c4cccc(N5c6ccccc6C6CCC7c8ccccc8OC7C65)c4)n3)c2)cc1. The number of anilines is 2. The van der Waals surface area contributed by atoms with Gasteiger partial charge in [-0.05, 0) is 167 Å². The molecular formula is C135H89N13OS. The van der Waals surface area contributed by atoms with Gasteiger partial charge in [0.25, 0.3) is 0 Å². The van der Waals surface area contributed by atoms with Crippen LogP contribution in [-0.4, -0.2) is 65.7 Å². The topological polar surface area (TPSA) is 135 Å². The van der Waals surface area contributed by atoms with Gasteiger partial charge in [0.2, 0.25) is 5.95 Å². The number of nitrogens with zero attached hydrogens (tertiary/aromatic N) is 13. The van der Waals surface area contributed by atoms with Gasteiger partial charge in [-0.3, -0.25) is 4.57 Å². The molecule has 4 unspecified atom stereocenters. The maximum Gasteiger partial charge on any atom is 0.235 e. The van der Waals surface area contributed by atoms with Crippen molar-refractivity contribution in [3.63, 3.8) is 0 Å². The maximum absolute atomic E-state index is 7.56. The van der Waals surface area contributed by atoms with Crippen molar-refractivity contribution < 1.29 is 4.74 Å². The number of hydrogen-bond acceptors (Lipinski definition) is 11. The van der Waals surface area contributed by atoms with Crippen molar-refractivity contribution in [3.8, 4) is 136 Å². The molecule has 1 aliphatic carbocycles. The standard InChI is InChI=1S/C45H27N5.C45H34N4O.C45H28N4S/c1-46-32-14-11-15-33(28-32)49-40-20-9-6-16-34(40)37-26-30(22-24-42(37)49)31-23-25-43-38(27-31)35-17-7-10-21-41(35)50(43)45-47-39-19-8-5-18-36(39)44(48-45)29-12-3-2-4-13-29;2*1-3-13-29(14-4-1)31-17-11-18-32(27-31)44-46-43(30-15-5-2-6-16-30)47-45(48-44)33-19-12-20-34(28-33)49-39-23-9-7-21-35(39)37-25-26-38-36-22-8-10-24-40(36)50-42(38)41(37)49/h2-28H;1-24,27-28,37-38,41-42H,25-26H2;1-28H. The number of aromatic nitrogens is 11. The van der Waals surface area contributed by atoms with Crippen molar-refractivity contribution in [2.24, 2.45) is 0 Å². The number of thiophene rings is 1. The van der Waals surface area contributed by atoms with Gasteiger partial charge >= 0.3 is 0 Å². The van der Waals surface area contributed by atoms with E-state index in [4.69, 9.17) is 51.2 Å². The van der Waals surface area contributed by atoms with E-state index in [1.807, 2.05) is 108 Å². The molecule has 0 spiro atoms. The van der Waals surface area contributed by atoms with E-state index in [0.29, 0.717) is 58.4 Å². The lowest BCUT2D eigenvalue weighted by atomic mass is 9.73. The minimum atomic E-state index is 0.0764. The van der Waals surface area contributed by atoms with Crippen molar-refractivity contribution in [2.75, 3.05) is 4.90 Å². The molecule has 9 heterocycles. The largest absolute Gasteiger partial charge is 0.487 e. The molecule has 2 aliphatic heterocycles. The van der Waals surface area contributed by atoms with E-state index in [0.717, 1.165) is 157 Å². The smallest absolute Gasteiger partial charge is 0.235 e. The van der Waals surface area contributed by atoms with Gasteiger partial charge in [-0.25, -0.2) is 44.7 Å². The van der Waals surface area contributed by atoms with E-state index in [9.17, 15) is 0 Å². The summed E-state index contributed by atoms with van der Waals surface area (Å²) in [6.45, 7) is 7.56. The minimum absolute atomic E-state index is 0.0764. The fourth-order valence-electron chi connectivity index (χ4n) is 23.0. The third-order valence-corrected chi connectivity index (χ3v) is 31.1. The van der Waals surface area contributed by atoms with Crippen LogP contribution in [0.3, 0.4) is 0 Å². The Morgan fingerprint density at radius 3 is 1.26 bits per heavy atom. The zero-order valence-electron chi connectivity index (χ0n) is 81.1. The molecule has 150 heavy (non-hydrogen) atoms. The van der Waals surface area contributed by atoms with Crippen LogP contribution in [0, 0.1) is 6.57 Å². The van der Waals surface area contributed by atoms with E-state index in [-0.39, 0.29) is 12.1 Å². The Morgan fingerprint density at radius 2 is 0.667 bits per heavy atom. The second-order valence-corrected chi connectivity index (χ2v) is 39.6. The number of rotatable bonds is 14. The normalized spacial score (nSPS) is 14.4. The summed E-state index contributed by atoms with van der Waals surface area (Å²) < 4.78 is 16.3. The lowest BCUT2D eigenvalue weighted by Gasteiger charge is -2.40. The number of fused-ring (bicyclic) bond motifs is 21. The van der Waals surface area contributed by atoms with Gasteiger partial charge in [-0.2, -0.15) is 0 Å². The maximum atomic E-state index is 7.56. The van der Waals surface area contributed by atoms with Gasteiger partial charge in [-0.1, -0.05) is 376 Å². The number of hydrogen-bond donors (Lipinski definition) is 0. The highest BCUT2D eigenvalue weighted by Crippen LogP contribution is 2.58. The predicted octanol–water partition coefficient (Wildman–Crippen LogP) is 34.2. The highest BCUT2D eigenvalue weighted by atomic mass is 32.1. The number of ether oxygens (including phenoxy) is 1. The van der Waals surface area contributed by atoms with Crippen LogP contribution < -0.4 is 9.64 Å². The van der Waals surface area contributed by atoms with Crippen LogP contribution in [0.25, 0.3) is 232 Å². The number of para-hydroxylation sites is 6. The molecule has 14 nitrogen and oxygen atoms in total. The lowest BCUT2D eigenvalue weighted by molar-refractivity contribution is 0.131. The fraction of sp³-hybridized carbons (Fsp3) is 0.0444. The van der Waals surface area contributed by atoms with Gasteiger partial charge in [0.15, 0.2) is 40.6 Å². The first kappa shape index (κ1) is 88.2. The molecule has 30 rings (SSSR count). The quantitative estimate of drug-likeness (QED) is 0.0969. The number of benzene rings is 20. The van der Waals surface area contributed by atoms with E-state index in [1.54, 1.807) is 0 Å². The molecule has 20 aromatic carbocycles. The highest BCUT2D eigenvalue weighted by molar-refractivity contribution is 7.26. The second-order valence-electron chi connectivity index (χ2n) is 38.5. The van der Waals surface area contributed by atoms with Crippen molar-refractivity contribution >= 4 is 125 Å². The van der Waals surface area contributed by atoms with E-state index in [2.05, 4.69) is 418 Å². The summed E-state index contributed by atoms with van der Waals surface area (Å²) in [5, 5.41) is 10.7. The fourth-order valence-corrected chi connectivity index (χ4v) is 24.3. The predicted molar refractivity (Wildman–Crippen MR) is 614 cm³/mol. The lowest BCUT2D eigenvalue weighted by Crippen LogP contribution is -2.47. The molecule has 706 valence electrons. The highest BCUT2D eigenvalue weighted by Gasteiger charge is 2.53. The van der Waals surface area contributed by atoms with Gasteiger partial charge in [-0.15, -0.1) is 11.3 Å². The van der Waals surface area contributed by atoms with Crippen LogP contribution in [0.2, 0.25) is 0 Å². The van der Waals surface area contributed by atoms with Crippen LogP contribution in [0.1, 0.15) is 35.8 Å². The Hall–Kier alpha value is -19.5. The molecule has 7 aromatic heterocycles. The van der Waals surface area contributed by atoms with Crippen LogP contribution in [0.5, 0.6) is 5.75 Å². The first-order chi connectivity index (χ1) is 74.3.